The molecule has 1 heterocycles. The lowest BCUT2D eigenvalue weighted by atomic mass is 10.3. The molecule has 0 aliphatic carbocycles. The van der Waals surface area contributed by atoms with Gasteiger partial charge < -0.3 is 0 Å². The predicted octanol–water partition coefficient (Wildman–Crippen LogP) is -0.376. The van der Waals surface area contributed by atoms with Crippen molar-refractivity contribution < 1.29 is 17.5 Å². The van der Waals surface area contributed by atoms with Crippen LogP contribution >= 0.6 is 0 Å². The number of nitrogens with zero attached hydrogens (tertiary/aromatic N) is 3. The van der Waals surface area contributed by atoms with Gasteiger partial charge in [0.2, 0.25) is 9.84 Å². The fraction of sp³-hybridized carbons (Fsp3) is 0.125. The van der Waals surface area contributed by atoms with Gasteiger partial charge in [0, 0.05) is 12.3 Å². The van der Waals surface area contributed by atoms with Crippen LogP contribution in [-0.4, -0.2) is 30.2 Å². The number of tetrazole rings is 1. The van der Waals surface area contributed by atoms with E-state index in [1.165, 1.54) is 24.3 Å². The van der Waals surface area contributed by atoms with E-state index in [4.69, 9.17) is 0 Å². The third-order valence-electron chi connectivity index (χ3n) is 1.87. The molecule has 0 spiro atoms. The van der Waals surface area contributed by atoms with E-state index in [1.54, 1.807) is 0 Å². The van der Waals surface area contributed by atoms with E-state index < -0.39 is 15.7 Å². The van der Waals surface area contributed by atoms with Gasteiger partial charge in [0.05, 0.1) is 0 Å². The Hall–Kier alpha value is -1.83. The minimum absolute atomic E-state index is 0.266. The Kier molecular flexibility index (Phi) is 2.43. The van der Waals surface area contributed by atoms with Crippen molar-refractivity contribution in [1.29, 1.82) is 0 Å². The Morgan fingerprint density at radius 1 is 1.44 bits per heavy atom. The molecule has 0 radical (unpaired) electrons. The molecule has 1 aromatic heterocycles. The molecule has 1 aromatic carbocycles. The molecule has 0 unspecified atom stereocenters. The minimum Gasteiger partial charge on any atom is -0.218 e. The summed E-state index contributed by atoms with van der Waals surface area (Å²) in [6.07, 6.45) is 1.00. The average Bonchev–Trinajstić information content (AvgIpc) is 2.65. The van der Waals surface area contributed by atoms with Gasteiger partial charge in [0.1, 0.15) is 16.6 Å². The van der Waals surface area contributed by atoms with Crippen molar-refractivity contribution >= 4 is 9.84 Å². The first-order valence-corrected chi connectivity index (χ1v) is 6.17. The van der Waals surface area contributed by atoms with Crippen molar-refractivity contribution in [3.63, 3.8) is 0 Å². The van der Waals surface area contributed by atoms with Crippen molar-refractivity contribution in [3.05, 3.63) is 30.1 Å². The van der Waals surface area contributed by atoms with Crippen LogP contribution in [0.4, 0.5) is 4.39 Å². The van der Waals surface area contributed by atoms with Gasteiger partial charge in [-0.1, -0.05) is 11.3 Å². The first-order chi connectivity index (χ1) is 7.48. The van der Waals surface area contributed by atoms with E-state index in [0.29, 0.717) is 5.69 Å². The van der Waals surface area contributed by atoms with Crippen molar-refractivity contribution in [2.45, 2.75) is 5.16 Å². The van der Waals surface area contributed by atoms with E-state index >= 15 is 0 Å². The van der Waals surface area contributed by atoms with Crippen LogP contribution in [0.15, 0.2) is 29.4 Å². The van der Waals surface area contributed by atoms with E-state index in [9.17, 15) is 12.8 Å². The summed E-state index contributed by atoms with van der Waals surface area (Å²) >= 11 is 0. The number of hydrogen-bond donors (Lipinski definition) is 1. The summed E-state index contributed by atoms with van der Waals surface area (Å²) < 4.78 is 36.7. The number of H-pyrrole nitrogens is 1. The van der Waals surface area contributed by atoms with Gasteiger partial charge in [-0.15, -0.1) is 4.68 Å². The molecule has 16 heavy (non-hydrogen) atoms. The van der Waals surface area contributed by atoms with Crippen molar-refractivity contribution in [2.24, 2.45) is 0 Å². The number of hydrogen-bond acceptors (Lipinski definition) is 4. The third kappa shape index (κ3) is 1.91. The molecule has 0 aliphatic heterocycles. The van der Waals surface area contributed by atoms with Crippen molar-refractivity contribution in [2.75, 3.05) is 6.26 Å². The molecule has 0 atom stereocenters. The monoisotopic (exact) mass is 243 g/mol. The molecular weight excluding hydrogens is 235 g/mol. The first kappa shape index (κ1) is 10.7. The van der Waals surface area contributed by atoms with Gasteiger partial charge in [0.25, 0.3) is 0 Å². The van der Waals surface area contributed by atoms with Gasteiger partial charge in [-0.3, -0.25) is 0 Å². The Bertz CT molecular complexity index is 622. The highest BCUT2D eigenvalue weighted by Gasteiger charge is 2.26. The van der Waals surface area contributed by atoms with E-state index in [0.717, 1.165) is 10.9 Å². The minimum atomic E-state index is -3.52. The van der Waals surface area contributed by atoms with Crippen LogP contribution in [0.25, 0.3) is 5.69 Å². The largest absolute Gasteiger partial charge is 0.421 e. The quantitative estimate of drug-likeness (QED) is 0.729. The number of aromatic nitrogens is 4. The van der Waals surface area contributed by atoms with Crippen LogP contribution in [0.3, 0.4) is 0 Å². The maximum absolute atomic E-state index is 13.0. The van der Waals surface area contributed by atoms with Gasteiger partial charge in [0.15, 0.2) is 5.21 Å². The van der Waals surface area contributed by atoms with Crippen molar-refractivity contribution in [3.8, 4) is 5.69 Å². The molecule has 2 rings (SSSR count). The fourth-order valence-corrected chi connectivity index (χ4v) is 1.89. The standard InChI is InChI=1S/C8H7FN4O2S/c1-16(14,15)8-10-11-12-13(8)7-4-2-3-6(9)5-7/h2-5H,1H3/p+1. The molecule has 0 saturated carbocycles. The maximum atomic E-state index is 13.0. The summed E-state index contributed by atoms with van der Waals surface area (Å²) in [6.45, 7) is 0. The van der Waals surface area contributed by atoms with E-state index in [-0.39, 0.29) is 5.16 Å². The Balaban J connectivity index is 2.62. The second kappa shape index (κ2) is 3.63. The molecule has 8 heteroatoms. The summed E-state index contributed by atoms with van der Waals surface area (Å²) in [5.74, 6) is -0.473. The first-order valence-electron chi connectivity index (χ1n) is 4.27. The molecule has 0 fully saturated rings. The zero-order valence-electron chi connectivity index (χ0n) is 8.25. The Morgan fingerprint density at radius 3 is 2.81 bits per heavy atom. The highest BCUT2D eigenvalue weighted by atomic mass is 32.2. The fourth-order valence-electron chi connectivity index (χ4n) is 1.22. The molecule has 0 bridgehead atoms. The summed E-state index contributed by atoms with van der Waals surface area (Å²) in [5, 5.41) is 8.92. The molecule has 84 valence electrons. The van der Waals surface area contributed by atoms with Gasteiger partial charge in [-0.05, 0) is 12.1 Å². The maximum Gasteiger partial charge on any atom is 0.421 e. The molecule has 0 amide bonds. The van der Waals surface area contributed by atoms with E-state index in [2.05, 4.69) is 15.5 Å². The number of rotatable bonds is 2. The SMILES string of the molecule is CS(=O)(=O)c1nn[nH][n+]1-c1cccc(F)c1. The molecule has 0 aliphatic rings. The summed E-state index contributed by atoms with van der Waals surface area (Å²) in [5.41, 5.74) is 0.311. The number of aromatic amines is 1. The van der Waals surface area contributed by atoms with Crippen LogP contribution in [0.5, 0.6) is 0 Å². The van der Waals surface area contributed by atoms with Crippen LogP contribution in [0.2, 0.25) is 0 Å². The third-order valence-corrected chi connectivity index (χ3v) is 2.80. The second-order valence-electron chi connectivity index (χ2n) is 3.17. The lowest BCUT2D eigenvalue weighted by Crippen LogP contribution is -2.38. The highest BCUT2D eigenvalue weighted by molar-refractivity contribution is 7.90. The molecule has 1 N–H and O–H groups in total. The second-order valence-corrected chi connectivity index (χ2v) is 5.08. The van der Waals surface area contributed by atoms with E-state index in [1.807, 2.05) is 0 Å². The highest BCUT2D eigenvalue weighted by Crippen LogP contribution is 2.04. The number of halogens is 1. The number of sulfone groups is 1. The average molecular weight is 243 g/mol. The van der Waals surface area contributed by atoms with Gasteiger partial charge in [-0.2, -0.15) is 0 Å². The van der Waals surface area contributed by atoms with Gasteiger partial charge >= 0.3 is 5.16 Å². The van der Waals surface area contributed by atoms with Crippen LogP contribution in [0.1, 0.15) is 0 Å². The Morgan fingerprint density at radius 2 is 2.19 bits per heavy atom. The summed E-state index contributed by atoms with van der Waals surface area (Å²) in [6, 6.07) is 5.44. The van der Waals surface area contributed by atoms with Crippen LogP contribution in [0, 0.1) is 5.82 Å². The smallest absolute Gasteiger partial charge is 0.218 e. The summed E-state index contributed by atoms with van der Waals surface area (Å²) in [4.78, 5) is 0. The van der Waals surface area contributed by atoms with Crippen molar-refractivity contribution in [1.82, 2.24) is 15.5 Å². The normalized spacial score (nSPS) is 11.6. The topological polar surface area (TPSA) is 79.6 Å². The van der Waals surface area contributed by atoms with Gasteiger partial charge in [-0.25, -0.2) is 12.8 Å². The number of benzene rings is 1. The molecule has 2 aromatic rings. The zero-order chi connectivity index (χ0) is 11.8. The van der Waals surface area contributed by atoms with Crippen LogP contribution in [-0.2, 0) is 9.84 Å². The summed E-state index contributed by atoms with van der Waals surface area (Å²) in [7, 11) is -3.52. The lowest BCUT2D eigenvalue weighted by Gasteiger charge is -1.97. The lowest BCUT2D eigenvalue weighted by molar-refractivity contribution is -0.698. The van der Waals surface area contributed by atoms with Crippen LogP contribution < -0.4 is 4.68 Å². The number of nitrogens with one attached hydrogen (secondary N) is 1. The Labute approximate surface area is 90.6 Å². The molecular formula is C8H8FN4O2S+. The molecule has 6 nitrogen and oxygen atoms in total. The zero-order valence-corrected chi connectivity index (χ0v) is 9.07. The predicted molar refractivity (Wildman–Crippen MR) is 51.0 cm³/mol. The molecule has 0 saturated heterocycles.